The molecular weight excluding hydrogens is 406 g/mol. The molecule has 5 rings (SSSR count). The molecular formula is C26H16F2N4. The Hall–Kier alpha value is -4.32. The van der Waals surface area contributed by atoms with Crippen molar-refractivity contribution in [1.82, 2.24) is 20.4 Å². The SMILES string of the molecule is Fc1ccc(-c2ccc(-c3nnc(-c4ccc(-c5ccc(F)cc5)cc4)nn3)cc2)cc1. The first-order valence-corrected chi connectivity index (χ1v) is 9.96. The van der Waals surface area contributed by atoms with Gasteiger partial charge in [-0.15, -0.1) is 20.4 Å². The average molecular weight is 422 g/mol. The van der Waals surface area contributed by atoms with E-state index in [0.717, 1.165) is 33.4 Å². The topological polar surface area (TPSA) is 51.6 Å². The van der Waals surface area contributed by atoms with Gasteiger partial charge in [0.1, 0.15) is 11.6 Å². The summed E-state index contributed by atoms with van der Waals surface area (Å²) in [6.45, 7) is 0. The van der Waals surface area contributed by atoms with E-state index in [-0.39, 0.29) is 11.6 Å². The molecule has 0 atom stereocenters. The third-order valence-corrected chi connectivity index (χ3v) is 5.12. The first-order valence-electron chi connectivity index (χ1n) is 9.96. The zero-order valence-electron chi connectivity index (χ0n) is 16.8. The Balaban J connectivity index is 1.33. The summed E-state index contributed by atoms with van der Waals surface area (Å²) in [4.78, 5) is 0. The highest BCUT2D eigenvalue weighted by molar-refractivity contribution is 5.69. The van der Waals surface area contributed by atoms with Crippen molar-refractivity contribution in [2.75, 3.05) is 0 Å². The van der Waals surface area contributed by atoms with Gasteiger partial charge in [0.25, 0.3) is 0 Å². The largest absolute Gasteiger partial charge is 0.207 e. The van der Waals surface area contributed by atoms with Crippen molar-refractivity contribution in [3.05, 3.63) is 109 Å². The molecule has 0 unspecified atom stereocenters. The van der Waals surface area contributed by atoms with E-state index in [1.165, 1.54) is 24.3 Å². The van der Waals surface area contributed by atoms with Crippen molar-refractivity contribution in [3.63, 3.8) is 0 Å². The molecule has 0 fully saturated rings. The quantitative estimate of drug-likeness (QED) is 0.345. The predicted octanol–water partition coefficient (Wildman–Crippen LogP) is 6.21. The van der Waals surface area contributed by atoms with Crippen LogP contribution in [-0.4, -0.2) is 20.4 Å². The lowest BCUT2D eigenvalue weighted by atomic mass is 10.0. The smallest absolute Gasteiger partial charge is 0.203 e. The highest BCUT2D eigenvalue weighted by atomic mass is 19.1. The normalized spacial score (nSPS) is 10.8. The van der Waals surface area contributed by atoms with E-state index < -0.39 is 0 Å². The van der Waals surface area contributed by atoms with E-state index >= 15 is 0 Å². The number of hydrogen-bond donors (Lipinski definition) is 0. The van der Waals surface area contributed by atoms with Crippen molar-refractivity contribution in [2.24, 2.45) is 0 Å². The maximum atomic E-state index is 13.1. The van der Waals surface area contributed by atoms with Gasteiger partial charge in [-0.2, -0.15) is 0 Å². The van der Waals surface area contributed by atoms with E-state index in [1.54, 1.807) is 24.3 Å². The first kappa shape index (κ1) is 19.6. The summed E-state index contributed by atoms with van der Waals surface area (Å²) in [5, 5.41) is 16.9. The Kier molecular flexibility index (Phi) is 5.17. The lowest BCUT2D eigenvalue weighted by Gasteiger charge is -2.05. The molecule has 0 aliphatic rings. The van der Waals surface area contributed by atoms with Crippen molar-refractivity contribution >= 4 is 0 Å². The van der Waals surface area contributed by atoms with Crippen LogP contribution in [-0.2, 0) is 0 Å². The van der Waals surface area contributed by atoms with Crippen molar-refractivity contribution in [2.45, 2.75) is 0 Å². The Morgan fingerprint density at radius 3 is 0.812 bits per heavy atom. The lowest BCUT2D eigenvalue weighted by Crippen LogP contribution is -1.99. The molecule has 5 aromatic rings. The zero-order valence-corrected chi connectivity index (χ0v) is 16.8. The second-order valence-electron chi connectivity index (χ2n) is 7.22. The molecule has 0 saturated carbocycles. The maximum Gasteiger partial charge on any atom is 0.203 e. The molecule has 0 spiro atoms. The van der Waals surface area contributed by atoms with Crippen molar-refractivity contribution in [1.29, 1.82) is 0 Å². The van der Waals surface area contributed by atoms with Crippen molar-refractivity contribution < 1.29 is 8.78 Å². The summed E-state index contributed by atoms with van der Waals surface area (Å²) in [5.74, 6) is 0.312. The molecule has 0 bridgehead atoms. The number of rotatable bonds is 4. The second kappa shape index (κ2) is 8.43. The Morgan fingerprint density at radius 2 is 0.531 bits per heavy atom. The van der Waals surface area contributed by atoms with Gasteiger partial charge in [0, 0.05) is 11.1 Å². The summed E-state index contributed by atoms with van der Waals surface area (Å²) < 4.78 is 26.2. The van der Waals surface area contributed by atoms with Crippen LogP contribution in [0.1, 0.15) is 0 Å². The van der Waals surface area contributed by atoms with Crippen LogP contribution in [0, 0.1) is 11.6 Å². The standard InChI is InChI=1S/C26H16F2N4/c27-23-13-9-19(10-14-23)17-1-5-21(6-2-17)25-29-31-26(32-30-25)22-7-3-18(4-8-22)20-11-15-24(28)16-12-20/h1-16H. The summed E-state index contributed by atoms with van der Waals surface area (Å²) >= 11 is 0. The number of nitrogens with zero attached hydrogens (tertiary/aromatic N) is 4. The summed E-state index contributed by atoms with van der Waals surface area (Å²) in [6, 6.07) is 27.9. The van der Waals surface area contributed by atoms with Gasteiger partial charge < -0.3 is 0 Å². The van der Waals surface area contributed by atoms with Crippen LogP contribution >= 0.6 is 0 Å². The number of halogens is 2. The lowest BCUT2D eigenvalue weighted by molar-refractivity contribution is 0.627. The molecule has 154 valence electrons. The average Bonchev–Trinajstić information content (AvgIpc) is 2.85. The van der Waals surface area contributed by atoms with E-state index in [1.807, 2.05) is 48.5 Å². The summed E-state index contributed by atoms with van der Waals surface area (Å²) in [6.07, 6.45) is 0. The fourth-order valence-corrected chi connectivity index (χ4v) is 3.37. The molecule has 0 aliphatic carbocycles. The van der Waals surface area contributed by atoms with Crippen LogP contribution in [0.25, 0.3) is 45.0 Å². The molecule has 1 heterocycles. The molecule has 1 aromatic heterocycles. The van der Waals surface area contributed by atoms with Crippen LogP contribution in [0.2, 0.25) is 0 Å². The zero-order chi connectivity index (χ0) is 21.9. The van der Waals surface area contributed by atoms with Gasteiger partial charge in [-0.05, 0) is 46.5 Å². The van der Waals surface area contributed by atoms with Gasteiger partial charge in [0.05, 0.1) is 0 Å². The van der Waals surface area contributed by atoms with Crippen LogP contribution in [0.3, 0.4) is 0 Å². The molecule has 0 N–H and O–H groups in total. The van der Waals surface area contributed by atoms with Crippen molar-refractivity contribution in [3.8, 4) is 45.0 Å². The van der Waals surface area contributed by atoms with E-state index in [9.17, 15) is 8.78 Å². The molecule has 4 nitrogen and oxygen atoms in total. The van der Waals surface area contributed by atoms with Gasteiger partial charge >= 0.3 is 0 Å². The Bertz CT molecular complexity index is 1220. The summed E-state index contributed by atoms with van der Waals surface area (Å²) in [7, 11) is 0. The molecule has 0 amide bonds. The maximum absolute atomic E-state index is 13.1. The minimum atomic E-state index is -0.263. The van der Waals surface area contributed by atoms with E-state index in [0.29, 0.717) is 11.6 Å². The second-order valence-corrected chi connectivity index (χ2v) is 7.22. The Labute approximate surface area is 183 Å². The van der Waals surface area contributed by atoms with Crippen LogP contribution in [0.4, 0.5) is 8.78 Å². The minimum absolute atomic E-state index is 0.263. The molecule has 4 aromatic carbocycles. The number of benzene rings is 4. The van der Waals surface area contributed by atoms with Crippen LogP contribution in [0.15, 0.2) is 97.1 Å². The van der Waals surface area contributed by atoms with E-state index in [2.05, 4.69) is 20.4 Å². The first-order chi connectivity index (χ1) is 15.7. The summed E-state index contributed by atoms with van der Waals surface area (Å²) in [5.41, 5.74) is 5.35. The van der Waals surface area contributed by atoms with Crippen LogP contribution in [0.5, 0.6) is 0 Å². The number of aromatic nitrogens is 4. The highest BCUT2D eigenvalue weighted by Crippen LogP contribution is 2.25. The third-order valence-electron chi connectivity index (χ3n) is 5.12. The Morgan fingerprint density at radius 1 is 0.312 bits per heavy atom. The minimum Gasteiger partial charge on any atom is -0.207 e. The molecule has 32 heavy (non-hydrogen) atoms. The fraction of sp³-hybridized carbons (Fsp3) is 0. The van der Waals surface area contributed by atoms with Gasteiger partial charge in [0.2, 0.25) is 11.6 Å². The van der Waals surface area contributed by atoms with E-state index in [4.69, 9.17) is 0 Å². The highest BCUT2D eigenvalue weighted by Gasteiger charge is 2.08. The molecule has 0 radical (unpaired) electrons. The monoisotopic (exact) mass is 422 g/mol. The van der Waals surface area contributed by atoms with Gasteiger partial charge in [-0.25, -0.2) is 8.78 Å². The van der Waals surface area contributed by atoms with Gasteiger partial charge in [0.15, 0.2) is 0 Å². The molecule has 0 aliphatic heterocycles. The molecule has 0 saturated heterocycles. The number of hydrogen-bond acceptors (Lipinski definition) is 4. The third kappa shape index (κ3) is 4.11. The predicted molar refractivity (Wildman–Crippen MR) is 119 cm³/mol. The van der Waals surface area contributed by atoms with Gasteiger partial charge in [-0.3, -0.25) is 0 Å². The van der Waals surface area contributed by atoms with Crippen LogP contribution < -0.4 is 0 Å². The van der Waals surface area contributed by atoms with Gasteiger partial charge in [-0.1, -0.05) is 72.8 Å². The molecule has 6 heteroatoms. The fourth-order valence-electron chi connectivity index (χ4n) is 3.37.